The van der Waals surface area contributed by atoms with Gasteiger partial charge in [-0.25, -0.2) is 5.43 Å². The number of ether oxygens (including phenoxy) is 2. The van der Waals surface area contributed by atoms with Gasteiger partial charge in [-0.3, -0.25) is 9.59 Å². The number of para-hydroxylation sites is 2. The average Bonchev–Trinajstić information content (AvgIpc) is 2.64. The van der Waals surface area contributed by atoms with E-state index < -0.39 is 11.8 Å². The highest BCUT2D eigenvalue weighted by atomic mass is 16.5. The van der Waals surface area contributed by atoms with Crippen molar-refractivity contribution in [3.05, 3.63) is 53.1 Å². The van der Waals surface area contributed by atoms with Crippen LogP contribution in [0.2, 0.25) is 0 Å². The predicted octanol–water partition coefficient (Wildman–Crippen LogP) is 2.41. The lowest BCUT2D eigenvalue weighted by Crippen LogP contribution is -2.32. The molecule has 0 fully saturated rings. The number of nitrogens with one attached hydrogen (secondary N) is 2. The van der Waals surface area contributed by atoms with E-state index in [4.69, 9.17) is 9.47 Å². The Hall–Kier alpha value is -3.35. The summed E-state index contributed by atoms with van der Waals surface area (Å²) in [6.07, 6.45) is 1.38. The van der Waals surface area contributed by atoms with Crippen LogP contribution in [-0.4, -0.2) is 32.2 Å². The van der Waals surface area contributed by atoms with Crippen molar-refractivity contribution < 1.29 is 19.1 Å². The second kappa shape index (κ2) is 8.66. The summed E-state index contributed by atoms with van der Waals surface area (Å²) < 4.78 is 10.5. The van der Waals surface area contributed by atoms with Crippen LogP contribution >= 0.6 is 0 Å². The molecule has 2 N–H and O–H groups in total. The molecule has 7 nitrogen and oxygen atoms in total. The Morgan fingerprint density at radius 1 is 0.962 bits per heavy atom. The topological polar surface area (TPSA) is 89.0 Å². The molecular formula is C19H21N3O4. The van der Waals surface area contributed by atoms with Gasteiger partial charge in [0.1, 0.15) is 0 Å². The molecule has 0 saturated heterocycles. The summed E-state index contributed by atoms with van der Waals surface area (Å²) >= 11 is 0. The molecule has 0 unspecified atom stereocenters. The van der Waals surface area contributed by atoms with Crippen molar-refractivity contribution in [1.29, 1.82) is 0 Å². The minimum Gasteiger partial charge on any atom is -0.493 e. The number of rotatable bonds is 5. The number of anilines is 1. The van der Waals surface area contributed by atoms with E-state index in [-0.39, 0.29) is 0 Å². The smallest absolute Gasteiger partial charge is 0.329 e. The van der Waals surface area contributed by atoms with Crippen LogP contribution in [0.4, 0.5) is 5.69 Å². The summed E-state index contributed by atoms with van der Waals surface area (Å²) in [6, 6.07) is 10.8. The third-order valence-corrected chi connectivity index (χ3v) is 3.73. The molecule has 0 bridgehead atoms. The lowest BCUT2D eigenvalue weighted by Gasteiger charge is -2.10. The SMILES string of the molecule is COc1cccc(/C=N/NC(=O)C(=O)Nc2c(C)cccc2C)c1OC. The van der Waals surface area contributed by atoms with Gasteiger partial charge in [0.2, 0.25) is 0 Å². The number of hydrazone groups is 1. The van der Waals surface area contributed by atoms with Gasteiger partial charge >= 0.3 is 11.8 Å². The molecule has 0 spiro atoms. The fourth-order valence-electron chi connectivity index (χ4n) is 2.41. The lowest BCUT2D eigenvalue weighted by atomic mass is 10.1. The molecule has 0 aliphatic heterocycles. The van der Waals surface area contributed by atoms with E-state index in [2.05, 4.69) is 15.8 Å². The molecule has 136 valence electrons. The molecule has 2 rings (SSSR count). The summed E-state index contributed by atoms with van der Waals surface area (Å²) in [5, 5.41) is 6.41. The standard InChI is InChI=1S/C19H21N3O4/c1-12-7-5-8-13(2)16(12)21-18(23)19(24)22-20-11-14-9-6-10-15(25-3)17(14)26-4/h5-11H,1-4H3,(H,21,23)(H,22,24)/b20-11+. The van der Waals surface area contributed by atoms with Crippen molar-refractivity contribution in [1.82, 2.24) is 5.43 Å². The number of benzene rings is 2. The highest BCUT2D eigenvalue weighted by Gasteiger charge is 2.15. The normalized spacial score (nSPS) is 10.5. The van der Waals surface area contributed by atoms with Crippen LogP contribution in [0, 0.1) is 13.8 Å². The van der Waals surface area contributed by atoms with Gasteiger partial charge in [0.25, 0.3) is 0 Å². The fourth-order valence-corrected chi connectivity index (χ4v) is 2.41. The van der Waals surface area contributed by atoms with Gasteiger partial charge < -0.3 is 14.8 Å². The second-order valence-electron chi connectivity index (χ2n) is 5.50. The van der Waals surface area contributed by atoms with Crippen LogP contribution in [0.5, 0.6) is 11.5 Å². The Morgan fingerprint density at radius 3 is 2.23 bits per heavy atom. The summed E-state index contributed by atoms with van der Waals surface area (Å²) in [4.78, 5) is 24.0. The first-order chi connectivity index (χ1) is 12.5. The third-order valence-electron chi connectivity index (χ3n) is 3.73. The summed E-state index contributed by atoms with van der Waals surface area (Å²) in [5.41, 5.74) is 5.16. The zero-order valence-electron chi connectivity index (χ0n) is 15.1. The minimum absolute atomic E-state index is 0.480. The summed E-state index contributed by atoms with van der Waals surface area (Å²) in [5.74, 6) is -0.647. The van der Waals surface area contributed by atoms with E-state index in [0.29, 0.717) is 22.7 Å². The number of carbonyl (C=O) groups excluding carboxylic acids is 2. The molecule has 0 aromatic heterocycles. The molecule has 0 heterocycles. The van der Waals surface area contributed by atoms with E-state index in [9.17, 15) is 9.59 Å². The van der Waals surface area contributed by atoms with E-state index in [1.165, 1.54) is 20.4 Å². The fraction of sp³-hybridized carbons (Fsp3) is 0.211. The van der Waals surface area contributed by atoms with Crippen molar-refractivity contribution >= 4 is 23.7 Å². The van der Waals surface area contributed by atoms with Crippen LogP contribution in [0.25, 0.3) is 0 Å². The van der Waals surface area contributed by atoms with Gasteiger partial charge in [-0.05, 0) is 37.1 Å². The number of amides is 2. The van der Waals surface area contributed by atoms with Crippen LogP contribution in [0.1, 0.15) is 16.7 Å². The van der Waals surface area contributed by atoms with Crippen LogP contribution in [0.15, 0.2) is 41.5 Å². The van der Waals surface area contributed by atoms with Gasteiger partial charge in [0.05, 0.1) is 20.4 Å². The molecule has 0 aliphatic carbocycles. The Labute approximate surface area is 152 Å². The van der Waals surface area contributed by atoms with E-state index in [0.717, 1.165) is 11.1 Å². The highest BCUT2D eigenvalue weighted by molar-refractivity contribution is 6.39. The summed E-state index contributed by atoms with van der Waals surface area (Å²) in [6.45, 7) is 3.71. The number of hydrogen-bond acceptors (Lipinski definition) is 5. The monoisotopic (exact) mass is 355 g/mol. The first-order valence-electron chi connectivity index (χ1n) is 7.89. The van der Waals surface area contributed by atoms with E-state index in [1.54, 1.807) is 18.2 Å². The number of nitrogens with zero attached hydrogens (tertiary/aromatic N) is 1. The predicted molar refractivity (Wildman–Crippen MR) is 99.8 cm³/mol. The Balaban J connectivity index is 2.04. The Bertz CT molecular complexity index is 826. The third kappa shape index (κ3) is 4.38. The molecule has 7 heteroatoms. The van der Waals surface area contributed by atoms with Crippen LogP contribution < -0.4 is 20.2 Å². The molecule has 0 saturated carbocycles. The number of aryl methyl sites for hydroxylation is 2. The minimum atomic E-state index is -0.870. The van der Waals surface area contributed by atoms with Crippen molar-refractivity contribution in [2.75, 3.05) is 19.5 Å². The molecule has 0 radical (unpaired) electrons. The van der Waals surface area contributed by atoms with E-state index in [1.807, 2.05) is 32.0 Å². The van der Waals surface area contributed by atoms with Gasteiger partial charge in [-0.15, -0.1) is 0 Å². The molecule has 0 aliphatic rings. The van der Waals surface area contributed by atoms with Crippen molar-refractivity contribution in [2.45, 2.75) is 13.8 Å². The van der Waals surface area contributed by atoms with Crippen molar-refractivity contribution in [3.8, 4) is 11.5 Å². The van der Waals surface area contributed by atoms with Gasteiger partial charge in [-0.2, -0.15) is 5.10 Å². The highest BCUT2D eigenvalue weighted by Crippen LogP contribution is 2.29. The quantitative estimate of drug-likeness (QED) is 0.490. The molecular weight excluding hydrogens is 334 g/mol. The van der Waals surface area contributed by atoms with Crippen molar-refractivity contribution in [2.24, 2.45) is 5.10 Å². The second-order valence-corrected chi connectivity index (χ2v) is 5.50. The molecule has 2 aromatic rings. The summed E-state index contributed by atoms with van der Waals surface area (Å²) in [7, 11) is 3.03. The Morgan fingerprint density at radius 2 is 1.62 bits per heavy atom. The maximum atomic E-state index is 12.0. The van der Waals surface area contributed by atoms with E-state index >= 15 is 0 Å². The van der Waals surface area contributed by atoms with Crippen LogP contribution in [-0.2, 0) is 9.59 Å². The van der Waals surface area contributed by atoms with Crippen molar-refractivity contribution in [3.63, 3.8) is 0 Å². The first-order valence-corrected chi connectivity index (χ1v) is 7.89. The number of hydrogen-bond donors (Lipinski definition) is 2. The molecule has 0 atom stereocenters. The van der Waals surface area contributed by atoms with Gasteiger partial charge in [0.15, 0.2) is 11.5 Å². The largest absolute Gasteiger partial charge is 0.493 e. The first kappa shape index (κ1) is 19.0. The Kier molecular flexibility index (Phi) is 6.32. The maximum Gasteiger partial charge on any atom is 0.329 e. The number of methoxy groups -OCH3 is 2. The maximum absolute atomic E-state index is 12.0. The molecule has 2 aromatic carbocycles. The van der Waals surface area contributed by atoms with Crippen LogP contribution in [0.3, 0.4) is 0 Å². The zero-order valence-corrected chi connectivity index (χ0v) is 15.1. The van der Waals surface area contributed by atoms with Gasteiger partial charge in [-0.1, -0.05) is 24.3 Å². The zero-order chi connectivity index (χ0) is 19.1. The molecule has 2 amide bonds. The average molecular weight is 355 g/mol. The molecule has 26 heavy (non-hydrogen) atoms. The van der Waals surface area contributed by atoms with Gasteiger partial charge in [0, 0.05) is 11.3 Å². The lowest BCUT2D eigenvalue weighted by molar-refractivity contribution is -0.136. The number of carbonyl (C=O) groups is 2.